The van der Waals surface area contributed by atoms with Crippen molar-refractivity contribution in [3.05, 3.63) is 41.5 Å². The molecule has 1 aliphatic carbocycles. The minimum absolute atomic E-state index is 0.0169. The smallest absolute Gasteiger partial charge is 0.126 e. The molecule has 6 atom stereocenters. The fourth-order valence-corrected chi connectivity index (χ4v) is 4.35. The van der Waals surface area contributed by atoms with Crippen LogP contribution in [0.1, 0.15) is 63.5 Å². The van der Waals surface area contributed by atoms with Gasteiger partial charge in [-0.3, -0.25) is 0 Å². The molecule has 0 bridgehead atoms. The van der Waals surface area contributed by atoms with Gasteiger partial charge in [0.05, 0.1) is 12.2 Å². The van der Waals surface area contributed by atoms with Gasteiger partial charge in [-0.25, -0.2) is 0 Å². The molecule has 1 aromatic rings. The van der Waals surface area contributed by atoms with Crippen molar-refractivity contribution in [2.24, 2.45) is 11.8 Å². The van der Waals surface area contributed by atoms with E-state index in [2.05, 4.69) is 37.0 Å². The second-order valence-electron chi connectivity index (χ2n) is 7.99. The number of unbranched alkanes of at least 4 members (excludes halogenated alkanes) is 1. The molecule has 1 saturated carbocycles. The summed E-state index contributed by atoms with van der Waals surface area (Å²) in [5, 5.41) is 21.0. The third kappa shape index (κ3) is 4.23. The highest BCUT2D eigenvalue weighted by Gasteiger charge is 2.48. The highest BCUT2D eigenvalue weighted by molar-refractivity contribution is 5.49. The van der Waals surface area contributed by atoms with Gasteiger partial charge in [0.2, 0.25) is 0 Å². The molecular weight excluding hydrogens is 336 g/mol. The van der Waals surface area contributed by atoms with Crippen LogP contribution < -0.4 is 4.74 Å². The molecule has 2 aliphatic rings. The molecule has 27 heavy (non-hydrogen) atoms. The standard InChI is InChI=1S/C24H32O3/c1-4-6-9-16(3)20(25)14-13-18-21(26)15-22-23(18)19-12-8-11-17(10-7-5-2)24(19)27-22/h8,11-14,16,18,20-23,25-26H,5,7,9-10,15H2,1-3H3/t16-,18-,20+,21+,22-,23-/m0/s1. The lowest BCUT2D eigenvalue weighted by molar-refractivity contribution is 0.134. The van der Waals surface area contributed by atoms with Gasteiger partial charge < -0.3 is 14.9 Å². The van der Waals surface area contributed by atoms with E-state index in [0.717, 1.165) is 18.6 Å². The van der Waals surface area contributed by atoms with Gasteiger partial charge in [0, 0.05) is 30.2 Å². The van der Waals surface area contributed by atoms with E-state index in [1.54, 1.807) is 0 Å². The molecule has 3 nitrogen and oxygen atoms in total. The molecule has 1 heterocycles. The summed E-state index contributed by atoms with van der Waals surface area (Å²) >= 11 is 0. The van der Waals surface area contributed by atoms with Crippen LogP contribution in [0.4, 0.5) is 0 Å². The summed E-state index contributed by atoms with van der Waals surface area (Å²) in [7, 11) is 0. The van der Waals surface area contributed by atoms with Crippen molar-refractivity contribution in [2.45, 2.75) is 77.1 Å². The maximum atomic E-state index is 10.6. The lowest BCUT2D eigenvalue weighted by Gasteiger charge is -2.19. The van der Waals surface area contributed by atoms with Crippen molar-refractivity contribution in [1.82, 2.24) is 0 Å². The quantitative estimate of drug-likeness (QED) is 0.560. The number of ether oxygens (including phenoxy) is 1. The Balaban J connectivity index is 1.77. The van der Waals surface area contributed by atoms with Crippen LogP contribution in [0, 0.1) is 23.7 Å². The highest BCUT2D eigenvalue weighted by atomic mass is 16.5. The number of benzene rings is 1. The molecular formula is C24H32O3. The molecule has 0 spiro atoms. The highest BCUT2D eigenvalue weighted by Crippen LogP contribution is 2.52. The van der Waals surface area contributed by atoms with Crippen molar-refractivity contribution in [3.8, 4) is 17.6 Å². The number of aliphatic hydroxyl groups is 2. The third-order valence-corrected chi connectivity index (χ3v) is 6.00. The van der Waals surface area contributed by atoms with E-state index >= 15 is 0 Å². The summed E-state index contributed by atoms with van der Waals surface area (Å²) in [5.41, 5.74) is 2.51. The second-order valence-corrected chi connectivity index (χ2v) is 7.99. The summed E-state index contributed by atoms with van der Waals surface area (Å²) in [6, 6.07) is 6.42. The van der Waals surface area contributed by atoms with Crippen LogP contribution in [0.15, 0.2) is 30.4 Å². The molecule has 0 saturated heterocycles. The molecule has 3 rings (SSSR count). The Hall–Kier alpha value is -1.76. The second kappa shape index (κ2) is 8.95. The first kappa shape index (κ1) is 20.0. The van der Waals surface area contributed by atoms with Gasteiger partial charge in [0.25, 0.3) is 0 Å². The first-order chi connectivity index (χ1) is 13.1. The Morgan fingerprint density at radius 3 is 2.93 bits per heavy atom. The van der Waals surface area contributed by atoms with Crippen molar-refractivity contribution < 1.29 is 14.9 Å². The van der Waals surface area contributed by atoms with E-state index in [-0.39, 0.29) is 23.9 Å². The van der Waals surface area contributed by atoms with Gasteiger partial charge in [0.15, 0.2) is 0 Å². The van der Waals surface area contributed by atoms with Crippen LogP contribution in [0.5, 0.6) is 5.75 Å². The minimum Gasteiger partial charge on any atom is -0.489 e. The summed E-state index contributed by atoms with van der Waals surface area (Å²) in [5.74, 6) is 7.18. The van der Waals surface area contributed by atoms with Crippen LogP contribution in [0.25, 0.3) is 0 Å². The van der Waals surface area contributed by atoms with Crippen molar-refractivity contribution in [3.63, 3.8) is 0 Å². The lowest BCUT2D eigenvalue weighted by atomic mass is 9.86. The number of aliphatic hydroxyl groups excluding tert-OH is 2. The fraction of sp³-hybridized carbons (Fsp3) is 0.583. The summed E-state index contributed by atoms with van der Waals surface area (Å²) in [4.78, 5) is 0. The molecule has 3 heteroatoms. The van der Waals surface area contributed by atoms with E-state index < -0.39 is 12.2 Å². The lowest BCUT2D eigenvalue weighted by Crippen LogP contribution is -2.19. The number of hydrogen-bond donors (Lipinski definition) is 2. The average Bonchev–Trinajstić information content (AvgIpc) is 3.17. The number of aryl methyl sites for hydroxylation is 1. The molecule has 0 radical (unpaired) electrons. The molecule has 0 aromatic heterocycles. The van der Waals surface area contributed by atoms with Gasteiger partial charge in [-0.1, -0.05) is 50.6 Å². The topological polar surface area (TPSA) is 49.7 Å². The molecule has 2 N–H and O–H groups in total. The summed E-state index contributed by atoms with van der Waals surface area (Å²) in [6.45, 7) is 6.02. The largest absolute Gasteiger partial charge is 0.489 e. The number of fused-ring (bicyclic) bond motifs is 3. The SMILES string of the molecule is CC#CC[C@H](C)[C@H](O)C=C[C@@H]1[C@H]2c3cccc(CCCC)c3O[C@H]2C[C@H]1O. The molecule has 1 fully saturated rings. The Bertz CT molecular complexity index is 727. The number of hydrogen-bond acceptors (Lipinski definition) is 3. The van der Waals surface area contributed by atoms with Crippen LogP contribution in [-0.4, -0.2) is 28.5 Å². The molecule has 1 aromatic carbocycles. The summed E-state index contributed by atoms with van der Waals surface area (Å²) in [6.07, 6.45) is 7.60. The molecule has 0 unspecified atom stereocenters. The van der Waals surface area contributed by atoms with Gasteiger partial charge in [0.1, 0.15) is 11.9 Å². The number of para-hydroxylation sites is 1. The molecule has 0 amide bonds. The Morgan fingerprint density at radius 2 is 2.19 bits per heavy atom. The van der Waals surface area contributed by atoms with E-state index in [1.807, 2.05) is 26.0 Å². The van der Waals surface area contributed by atoms with Gasteiger partial charge >= 0.3 is 0 Å². The van der Waals surface area contributed by atoms with Crippen molar-refractivity contribution in [1.29, 1.82) is 0 Å². The maximum absolute atomic E-state index is 10.6. The summed E-state index contributed by atoms with van der Waals surface area (Å²) < 4.78 is 6.29. The average molecular weight is 369 g/mol. The Morgan fingerprint density at radius 1 is 1.37 bits per heavy atom. The van der Waals surface area contributed by atoms with Crippen molar-refractivity contribution in [2.75, 3.05) is 0 Å². The van der Waals surface area contributed by atoms with Crippen molar-refractivity contribution >= 4 is 0 Å². The minimum atomic E-state index is -0.546. The number of rotatable bonds is 7. The van der Waals surface area contributed by atoms with E-state index in [9.17, 15) is 10.2 Å². The zero-order chi connectivity index (χ0) is 19.4. The van der Waals surface area contributed by atoms with E-state index in [4.69, 9.17) is 4.74 Å². The van der Waals surface area contributed by atoms with Crippen LogP contribution in [-0.2, 0) is 6.42 Å². The van der Waals surface area contributed by atoms with Crippen LogP contribution in [0.2, 0.25) is 0 Å². The Labute approximate surface area is 163 Å². The zero-order valence-electron chi connectivity index (χ0n) is 16.7. The Kier molecular flexibility index (Phi) is 6.63. The maximum Gasteiger partial charge on any atom is 0.126 e. The normalized spacial score (nSPS) is 28.2. The van der Waals surface area contributed by atoms with Gasteiger partial charge in [-0.05, 0) is 31.2 Å². The van der Waals surface area contributed by atoms with Gasteiger partial charge in [-0.2, -0.15) is 0 Å². The van der Waals surface area contributed by atoms with E-state index in [1.165, 1.54) is 17.5 Å². The predicted molar refractivity (Wildman–Crippen MR) is 109 cm³/mol. The zero-order valence-corrected chi connectivity index (χ0v) is 16.7. The first-order valence-electron chi connectivity index (χ1n) is 10.3. The third-order valence-electron chi connectivity index (χ3n) is 6.00. The monoisotopic (exact) mass is 368 g/mol. The van der Waals surface area contributed by atoms with Gasteiger partial charge in [-0.15, -0.1) is 11.8 Å². The molecule has 146 valence electrons. The first-order valence-corrected chi connectivity index (χ1v) is 10.3. The molecule has 1 aliphatic heterocycles. The van der Waals surface area contributed by atoms with Crippen LogP contribution >= 0.6 is 0 Å². The van der Waals surface area contributed by atoms with E-state index in [0.29, 0.717) is 12.8 Å². The predicted octanol–water partition coefficient (Wildman–Crippen LogP) is 4.22. The van der Waals surface area contributed by atoms with Crippen LogP contribution in [0.3, 0.4) is 0 Å². The fourth-order valence-electron chi connectivity index (χ4n) is 4.35.